The van der Waals surface area contributed by atoms with Gasteiger partial charge in [0.25, 0.3) is 6.71 Å². The lowest BCUT2D eigenvalue weighted by Crippen LogP contribution is -2.61. The maximum atomic E-state index is 7.29. The minimum absolute atomic E-state index is 0.00545. The fourth-order valence-electron chi connectivity index (χ4n) is 18.3. The van der Waals surface area contributed by atoms with Crippen molar-refractivity contribution in [2.24, 2.45) is 0 Å². The highest BCUT2D eigenvalue weighted by Crippen LogP contribution is 2.65. The van der Waals surface area contributed by atoms with Crippen LogP contribution in [-0.2, 0) is 27.1 Å². The van der Waals surface area contributed by atoms with Crippen LogP contribution in [0.1, 0.15) is 169 Å². The van der Waals surface area contributed by atoms with Crippen molar-refractivity contribution >= 4 is 133 Å². The van der Waals surface area contributed by atoms with E-state index in [2.05, 4.69) is 279 Å². The molecule has 0 bridgehead atoms. The van der Waals surface area contributed by atoms with Crippen molar-refractivity contribution in [3.05, 3.63) is 198 Å². The monoisotopic (exact) mass is 1180 g/mol. The highest BCUT2D eigenvalue weighted by atomic mass is 32.1. The van der Waals surface area contributed by atoms with Crippen LogP contribution < -0.4 is 36.0 Å². The van der Waals surface area contributed by atoms with Crippen molar-refractivity contribution in [1.82, 2.24) is 0 Å². The lowest BCUT2D eigenvalue weighted by Gasteiger charge is -2.51. The predicted molar refractivity (Wildman–Crippen MR) is 382 cm³/mol. The number of benzene rings is 9. The van der Waals surface area contributed by atoms with Crippen LogP contribution in [-0.4, -0.2) is 17.8 Å². The molecule has 7 heteroatoms. The summed E-state index contributed by atoms with van der Waals surface area (Å²) in [7, 11) is 0. The van der Waals surface area contributed by atoms with E-state index in [1.54, 1.807) is 0 Å². The Morgan fingerprint density at radius 1 is 0.404 bits per heavy atom. The van der Waals surface area contributed by atoms with Crippen LogP contribution in [0.15, 0.2) is 174 Å². The van der Waals surface area contributed by atoms with Gasteiger partial charge in [-0.05, 0) is 173 Å². The van der Waals surface area contributed by atoms with Gasteiger partial charge in [0.1, 0.15) is 5.58 Å². The van der Waals surface area contributed by atoms with Gasteiger partial charge in [0.15, 0.2) is 5.58 Å². The van der Waals surface area contributed by atoms with Gasteiger partial charge in [0.05, 0.1) is 22.5 Å². The van der Waals surface area contributed by atoms with Crippen molar-refractivity contribution < 1.29 is 4.42 Å². The van der Waals surface area contributed by atoms with Crippen LogP contribution >= 0.6 is 11.3 Å². The molecular formula is C82H83BN4OS. The quantitative estimate of drug-likeness (QED) is 0.164. The Hall–Kier alpha value is -7.74. The van der Waals surface area contributed by atoms with Crippen molar-refractivity contribution in [3.8, 4) is 0 Å². The van der Waals surface area contributed by atoms with E-state index < -0.39 is 0 Å². The molecule has 0 radical (unpaired) electrons. The lowest BCUT2D eigenvalue weighted by atomic mass is 9.33. The van der Waals surface area contributed by atoms with Gasteiger partial charge >= 0.3 is 0 Å². The number of hydrogen-bond donors (Lipinski definition) is 0. The molecule has 4 atom stereocenters. The first-order chi connectivity index (χ1) is 42.5. The van der Waals surface area contributed by atoms with Crippen LogP contribution in [0.2, 0.25) is 0 Å². The summed E-state index contributed by atoms with van der Waals surface area (Å²) in [6.07, 6.45) is 9.40. The zero-order valence-corrected chi connectivity index (χ0v) is 55.3. The number of anilines is 10. The first-order valence-corrected chi connectivity index (χ1v) is 34.1. The highest BCUT2D eigenvalue weighted by molar-refractivity contribution is 7.26. The number of fused-ring (bicyclic) bond motifs is 16. The van der Waals surface area contributed by atoms with Gasteiger partial charge in [-0.1, -0.05) is 199 Å². The molecule has 6 aliphatic rings. The van der Waals surface area contributed by atoms with Crippen molar-refractivity contribution in [2.45, 2.75) is 180 Å². The van der Waals surface area contributed by atoms with Crippen molar-refractivity contribution in [1.29, 1.82) is 0 Å². The second kappa shape index (κ2) is 18.5. The number of para-hydroxylation sites is 2. The van der Waals surface area contributed by atoms with Gasteiger partial charge in [-0.25, -0.2) is 0 Å². The first kappa shape index (κ1) is 55.3. The highest BCUT2D eigenvalue weighted by Gasteiger charge is 2.60. The molecule has 4 aliphatic heterocycles. The van der Waals surface area contributed by atoms with E-state index in [1.165, 1.54) is 148 Å². The third kappa shape index (κ3) is 7.49. The average molecular weight is 1180 g/mol. The second-order valence-corrected chi connectivity index (χ2v) is 32.6. The number of nitrogens with zero attached hydrogens (tertiary/aromatic N) is 4. The van der Waals surface area contributed by atoms with E-state index in [1.807, 2.05) is 11.3 Å². The van der Waals surface area contributed by atoms with E-state index in [4.69, 9.17) is 4.42 Å². The van der Waals surface area contributed by atoms with E-state index in [0.717, 1.165) is 46.9 Å². The van der Waals surface area contributed by atoms with E-state index in [0.29, 0.717) is 0 Å². The topological polar surface area (TPSA) is 26.1 Å². The molecule has 2 saturated carbocycles. The van der Waals surface area contributed by atoms with Gasteiger partial charge in [-0.15, -0.1) is 11.3 Å². The zero-order chi connectivity index (χ0) is 61.3. The largest absolute Gasteiger partial charge is 0.454 e. The van der Waals surface area contributed by atoms with Crippen molar-refractivity contribution in [3.63, 3.8) is 0 Å². The SMILES string of the molecule is CC(C)(C)c1ccc2c(c1)N(c1cccc3sc4ccccc4c13)c1cc(N3c4ccc(C(C)(C)C)cc4C4(C)CCCCC34C)cc3c1B2c1ccc(N2c4ccc(C(C)(C)C)cc4C4(C)CCCCC24C)cc1N3c1cccc2c1oc1ccccc12. The minimum Gasteiger partial charge on any atom is -0.454 e. The molecule has 0 amide bonds. The molecule has 2 fully saturated rings. The lowest BCUT2D eigenvalue weighted by molar-refractivity contribution is 0.195. The van der Waals surface area contributed by atoms with Gasteiger partial charge in [-0.2, -0.15) is 0 Å². The second-order valence-electron chi connectivity index (χ2n) is 31.5. The molecule has 11 aromatic rings. The molecule has 2 aliphatic carbocycles. The number of rotatable bonds is 4. The zero-order valence-electron chi connectivity index (χ0n) is 54.5. The maximum Gasteiger partial charge on any atom is 0.252 e. The Morgan fingerprint density at radius 2 is 0.888 bits per heavy atom. The van der Waals surface area contributed by atoms with Crippen LogP contribution in [0.5, 0.6) is 0 Å². The van der Waals surface area contributed by atoms with Gasteiger partial charge < -0.3 is 24.0 Å². The number of thiophene rings is 1. The van der Waals surface area contributed by atoms with Crippen molar-refractivity contribution in [2.75, 3.05) is 19.6 Å². The Morgan fingerprint density at radius 3 is 1.53 bits per heavy atom. The number of hydrogen-bond acceptors (Lipinski definition) is 6. The summed E-state index contributed by atoms with van der Waals surface area (Å²) in [6, 6.07) is 67.3. The Balaban J connectivity index is 1.01. The Bertz CT molecular complexity index is 4830. The molecule has 0 N–H and O–H groups in total. The molecule has 0 saturated heterocycles. The Kier molecular flexibility index (Phi) is 11.5. The van der Waals surface area contributed by atoms with Gasteiger partial charge in [-0.3, -0.25) is 0 Å². The van der Waals surface area contributed by atoms with Crippen LogP contribution in [0.25, 0.3) is 42.1 Å². The molecule has 4 unspecified atom stereocenters. The summed E-state index contributed by atoms with van der Waals surface area (Å²) >= 11 is 1.91. The molecular weight excluding hydrogens is 1100 g/mol. The Labute approximate surface area is 531 Å². The molecule has 9 aromatic carbocycles. The van der Waals surface area contributed by atoms with E-state index >= 15 is 0 Å². The summed E-state index contributed by atoms with van der Waals surface area (Å²) in [6.45, 7) is 31.7. The summed E-state index contributed by atoms with van der Waals surface area (Å²) in [4.78, 5) is 11.1. The van der Waals surface area contributed by atoms with Gasteiger partial charge in [0, 0.05) is 87.3 Å². The van der Waals surface area contributed by atoms with Crippen LogP contribution in [0, 0.1) is 0 Å². The molecule has 2 aromatic heterocycles. The molecule has 6 heterocycles. The first-order valence-electron chi connectivity index (χ1n) is 33.3. The van der Waals surface area contributed by atoms with Crippen LogP contribution in [0.3, 0.4) is 0 Å². The molecule has 5 nitrogen and oxygen atoms in total. The fourth-order valence-corrected chi connectivity index (χ4v) is 19.4. The summed E-state index contributed by atoms with van der Waals surface area (Å²) in [5.41, 5.74) is 24.6. The third-order valence-electron chi connectivity index (χ3n) is 23.6. The maximum absolute atomic E-state index is 7.29. The summed E-state index contributed by atoms with van der Waals surface area (Å²) in [5.74, 6) is 0. The summed E-state index contributed by atoms with van der Waals surface area (Å²) in [5, 5.41) is 4.87. The van der Waals surface area contributed by atoms with E-state index in [9.17, 15) is 0 Å². The minimum atomic E-state index is -0.216. The smallest absolute Gasteiger partial charge is 0.252 e. The summed E-state index contributed by atoms with van der Waals surface area (Å²) < 4.78 is 9.91. The molecule has 17 rings (SSSR count). The molecule has 0 spiro atoms. The van der Waals surface area contributed by atoms with Gasteiger partial charge in [0.2, 0.25) is 0 Å². The standard InChI is InChI=1S/C82H83BN4OS/c1-76(2,3)50-33-38-62-58(44-50)79(10)40-18-20-42-81(79,12)86(62)53-35-37-61-67(47-53)85(65-28-22-26-56-55-24-14-16-29-70(55)88-75(56)65)69-49-54(87-63-39-34-51(77(4,5)6)45-59(63)80(11)41-19-21-43-82(80,87)13)48-68-74(69)83(61)60-36-32-52(78(7,8)9)46-66(60)84(68)64-27-23-31-72-73(64)57-25-15-17-30-71(57)89-72/h14-17,22-39,44-49H,18-21,40-43H2,1-13H3. The van der Waals surface area contributed by atoms with E-state index in [-0.39, 0.29) is 44.9 Å². The number of furan rings is 1. The average Bonchev–Trinajstić information content (AvgIpc) is 1.70. The molecule has 446 valence electrons. The fraction of sp³-hybridized carbons (Fsp3) is 0.341. The normalized spacial score (nSPS) is 22.8. The molecule has 89 heavy (non-hydrogen) atoms. The van der Waals surface area contributed by atoms with Crippen LogP contribution in [0.4, 0.5) is 56.9 Å². The predicted octanol–water partition coefficient (Wildman–Crippen LogP) is 21.4. The third-order valence-corrected chi connectivity index (χ3v) is 24.7.